The number of hydrogen-bond acceptors (Lipinski definition) is 6. The van der Waals surface area contributed by atoms with Gasteiger partial charge in [0.25, 0.3) is 5.91 Å². The predicted octanol–water partition coefficient (Wildman–Crippen LogP) is 4.20. The van der Waals surface area contributed by atoms with E-state index in [2.05, 4.69) is 35.6 Å². The van der Waals surface area contributed by atoms with Crippen LogP contribution in [0, 0.1) is 11.4 Å². The van der Waals surface area contributed by atoms with Crippen LogP contribution in [0.2, 0.25) is 0 Å². The summed E-state index contributed by atoms with van der Waals surface area (Å²) in [5.41, 5.74) is 10.6. The number of amides is 1. The molecule has 26 heavy (non-hydrogen) atoms. The molecule has 0 unspecified atom stereocenters. The Morgan fingerprint density at radius 1 is 1.38 bits per heavy atom. The largest absolute Gasteiger partial charge is 0.384 e. The summed E-state index contributed by atoms with van der Waals surface area (Å²) in [4.78, 5) is 17.0. The Balaban J connectivity index is 2.02. The number of likely N-dealkylation sites (N-methyl/N-ethyl adjacent to an activating group) is 2. The van der Waals surface area contributed by atoms with Crippen LogP contribution in [0.1, 0.15) is 25.3 Å². The number of carbonyl (C=O) groups is 1. The molecule has 2 N–H and O–H groups in total. The average Bonchev–Trinajstić information content (AvgIpc) is 3.45. The summed E-state index contributed by atoms with van der Waals surface area (Å²) in [5, 5.41) is 6.89. The number of anilines is 1. The highest BCUT2D eigenvalue weighted by Gasteiger charge is 2.28. The van der Waals surface area contributed by atoms with Gasteiger partial charge in [0.15, 0.2) is 0 Å². The molecule has 0 spiro atoms. The molecule has 0 radical (unpaired) electrons. The van der Waals surface area contributed by atoms with Crippen LogP contribution < -0.4 is 5.32 Å². The topological polar surface area (TPSA) is 71.8 Å². The van der Waals surface area contributed by atoms with Gasteiger partial charge >= 0.3 is 0 Å². The van der Waals surface area contributed by atoms with Crippen LogP contribution in [0.25, 0.3) is 5.70 Å². The first-order chi connectivity index (χ1) is 12.5. The van der Waals surface area contributed by atoms with Crippen LogP contribution in [-0.4, -0.2) is 42.1 Å². The molecule has 3 rings (SSSR count). The third-order valence-corrected chi connectivity index (χ3v) is 5.50. The lowest BCUT2D eigenvalue weighted by Gasteiger charge is -2.33. The summed E-state index contributed by atoms with van der Waals surface area (Å²) < 4.78 is 0. The van der Waals surface area contributed by atoms with Crippen molar-refractivity contribution in [1.82, 2.24) is 9.80 Å². The zero-order chi connectivity index (χ0) is 18.7. The zero-order valence-corrected chi connectivity index (χ0v) is 16.3. The maximum Gasteiger partial charge on any atom is 0.275 e. The molecule has 6 nitrogen and oxygen atoms in total. The van der Waals surface area contributed by atoms with E-state index in [0.29, 0.717) is 5.70 Å². The van der Waals surface area contributed by atoms with Gasteiger partial charge in [-0.25, -0.2) is 5.53 Å². The Labute approximate surface area is 158 Å². The third-order valence-electron chi connectivity index (χ3n) is 4.62. The van der Waals surface area contributed by atoms with E-state index in [1.807, 2.05) is 18.1 Å². The summed E-state index contributed by atoms with van der Waals surface area (Å²) in [6.45, 7) is 3.11. The molecule has 1 saturated carbocycles. The number of carbonyl (C=O) groups excluding carboxylic acids is 1. The van der Waals surface area contributed by atoms with Gasteiger partial charge in [-0.2, -0.15) is 5.11 Å². The summed E-state index contributed by atoms with van der Waals surface area (Å²) >= 11 is 1.80. The fourth-order valence-corrected chi connectivity index (χ4v) is 3.66. The number of thioether (sulfide) groups is 1. The molecule has 2 aliphatic rings. The Morgan fingerprint density at radius 2 is 2.15 bits per heavy atom. The van der Waals surface area contributed by atoms with Gasteiger partial charge in [0, 0.05) is 43.0 Å². The van der Waals surface area contributed by atoms with Crippen LogP contribution in [0.3, 0.4) is 0 Å². The first-order valence-electron chi connectivity index (χ1n) is 8.85. The standard InChI is InChI=1S/C19H25N5OS/c1-4-26-14-7-8-16(21-10-13-5-6-13)15(9-14)18-12-23(2)19(25)17(11-22-20)24(18)3/h7-9,11-13,20-21H,4-6,10H2,1-3H3/b17-11-,22-20?. The van der Waals surface area contributed by atoms with E-state index in [9.17, 15) is 4.79 Å². The van der Waals surface area contributed by atoms with E-state index in [4.69, 9.17) is 5.53 Å². The molecule has 138 valence electrons. The number of nitrogens with zero attached hydrogens (tertiary/aromatic N) is 3. The van der Waals surface area contributed by atoms with Gasteiger partial charge in [-0.15, -0.1) is 11.8 Å². The highest BCUT2D eigenvalue weighted by Crippen LogP contribution is 2.36. The minimum absolute atomic E-state index is 0.168. The summed E-state index contributed by atoms with van der Waals surface area (Å²) in [6, 6.07) is 6.44. The molecule has 1 aromatic rings. The molecular weight excluding hydrogens is 346 g/mol. The first kappa shape index (κ1) is 18.5. The zero-order valence-electron chi connectivity index (χ0n) is 15.5. The molecule has 1 aromatic carbocycles. The molecule has 1 aliphatic carbocycles. The lowest BCUT2D eigenvalue weighted by molar-refractivity contribution is -0.125. The van der Waals surface area contributed by atoms with E-state index >= 15 is 0 Å². The fraction of sp³-hybridized carbons (Fsp3) is 0.421. The third kappa shape index (κ3) is 3.93. The van der Waals surface area contributed by atoms with Gasteiger partial charge in [-0.05, 0) is 42.7 Å². The van der Waals surface area contributed by atoms with Crippen LogP contribution in [0.4, 0.5) is 5.69 Å². The van der Waals surface area contributed by atoms with E-state index in [1.54, 1.807) is 23.7 Å². The SMILES string of the molecule is CCSc1ccc(NCC2CC2)c(C2=CN(C)C(=O)/C(=C/N=N)N2C)c1. The van der Waals surface area contributed by atoms with Crippen molar-refractivity contribution in [3.8, 4) is 0 Å². The van der Waals surface area contributed by atoms with E-state index in [-0.39, 0.29) is 5.91 Å². The number of nitrogens with one attached hydrogen (secondary N) is 2. The summed E-state index contributed by atoms with van der Waals surface area (Å²) in [6.07, 6.45) is 5.74. The lowest BCUT2D eigenvalue weighted by Crippen LogP contribution is -2.36. The van der Waals surface area contributed by atoms with Crippen LogP contribution in [-0.2, 0) is 4.79 Å². The maximum atomic E-state index is 12.4. The summed E-state index contributed by atoms with van der Waals surface area (Å²) in [7, 11) is 3.58. The second-order valence-corrected chi connectivity index (χ2v) is 7.93. The van der Waals surface area contributed by atoms with Crippen molar-refractivity contribution in [3.63, 3.8) is 0 Å². The molecule has 0 aromatic heterocycles. The first-order valence-corrected chi connectivity index (χ1v) is 9.84. The monoisotopic (exact) mass is 371 g/mol. The fourth-order valence-electron chi connectivity index (χ4n) is 2.96. The van der Waals surface area contributed by atoms with E-state index in [1.165, 1.54) is 23.9 Å². The van der Waals surface area contributed by atoms with Crippen molar-refractivity contribution < 1.29 is 4.79 Å². The quantitative estimate of drug-likeness (QED) is 0.428. The second kappa shape index (κ2) is 7.95. The second-order valence-electron chi connectivity index (χ2n) is 6.60. The van der Waals surface area contributed by atoms with Gasteiger partial charge in [0.1, 0.15) is 5.70 Å². The Morgan fingerprint density at radius 3 is 2.81 bits per heavy atom. The molecule has 1 fully saturated rings. The van der Waals surface area contributed by atoms with E-state index in [0.717, 1.165) is 35.2 Å². The smallest absolute Gasteiger partial charge is 0.275 e. The van der Waals surface area contributed by atoms with E-state index < -0.39 is 0 Å². The lowest BCUT2D eigenvalue weighted by atomic mass is 10.1. The van der Waals surface area contributed by atoms with Crippen molar-refractivity contribution in [2.75, 3.05) is 31.7 Å². The molecule has 0 saturated heterocycles. The van der Waals surface area contributed by atoms with Gasteiger partial charge in [0.2, 0.25) is 0 Å². The molecule has 1 aliphatic heterocycles. The number of hydrogen-bond donors (Lipinski definition) is 2. The average molecular weight is 372 g/mol. The highest BCUT2D eigenvalue weighted by molar-refractivity contribution is 7.99. The van der Waals surface area contributed by atoms with Crippen molar-refractivity contribution in [1.29, 1.82) is 5.53 Å². The van der Waals surface area contributed by atoms with Gasteiger partial charge < -0.3 is 15.1 Å². The normalized spacial score (nSPS) is 19.0. The Hall–Kier alpha value is -2.28. The van der Waals surface area contributed by atoms with Gasteiger partial charge in [-0.1, -0.05) is 6.92 Å². The van der Waals surface area contributed by atoms with Gasteiger partial charge in [-0.3, -0.25) is 4.79 Å². The molecule has 1 heterocycles. The molecule has 0 bridgehead atoms. The van der Waals surface area contributed by atoms with Crippen molar-refractivity contribution in [2.45, 2.75) is 24.7 Å². The highest BCUT2D eigenvalue weighted by atomic mass is 32.2. The molecule has 1 amide bonds. The maximum absolute atomic E-state index is 12.4. The van der Waals surface area contributed by atoms with Gasteiger partial charge in [0.05, 0.1) is 11.9 Å². The number of benzene rings is 1. The minimum atomic E-state index is -0.168. The predicted molar refractivity (Wildman–Crippen MR) is 106 cm³/mol. The van der Waals surface area contributed by atoms with Crippen LogP contribution >= 0.6 is 11.8 Å². The summed E-state index contributed by atoms with van der Waals surface area (Å²) in [5.74, 6) is 1.61. The molecule has 7 heteroatoms. The van der Waals surface area contributed by atoms with Crippen LogP contribution in [0.15, 0.2) is 46.3 Å². The minimum Gasteiger partial charge on any atom is -0.384 e. The molecular formula is C19H25N5OS. The molecule has 0 atom stereocenters. The number of rotatable bonds is 7. The van der Waals surface area contributed by atoms with Crippen molar-refractivity contribution in [2.24, 2.45) is 11.0 Å². The van der Waals surface area contributed by atoms with Crippen molar-refractivity contribution >= 4 is 29.1 Å². The van der Waals surface area contributed by atoms with Crippen LogP contribution in [0.5, 0.6) is 0 Å². The Kier molecular flexibility index (Phi) is 5.66. The van der Waals surface area contributed by atoms with Crippen molar-refractivity contribution in [3.05, 3.63) is 41.9 Å². The Bertz CT molecular complexity index is 769.